The summed E-state index contributed by atoms with van der Waals surface area (Å²) in [6.07, 6.45) is 4.66. The van der Waals surface area contributed by atoms with Gasteiger partial charge >= 0.3 is 6.09 Å². The van der Waals surface area contributed by atoms with E-state index in [0.717, 1.165) is 20.6 Å². The predicted octanol–water partition coefficient (Wildman–Crippen LogP) is 3.15. The minimum atomic E-state index is -0.906. The molecule has 1 aliphatic heterocycles. The van der Waals surface area contributed by atoms with E-state index in [9.17, 15) is 9.59 Å². The Morgan fingerprint density at radius 3 is 2.73 bits per heavy atom. The molecular weight excluding hydrogens is 422 g/mol. The number of pyridine rings is 1. The smallest absolute Gasteiger partial charge is 0.407 e. The maximum absolute atomic E-state index is 12.9. The van der Waals surface area contributed by atoms with Gasteiger partial charge in [0.2, 0.25) is 5.91 Å². The Bertz CT molecular complexity index is 1110. The van der Waals surface area contributed by atoms with Crippen LogP contribution in [0.5, 0.6) is 0 Å². The van der Waals surface area contributed by atoms with E-state index in [1.165, 1.54) is 4.90 Å². The second kappa shape index (κ2) is 6.98. The molecule has 5 rings (SSSR count). The molecule has 2 amide bonds. The summed E-state index contributed by atoms with van der Waals surface area (Å²) >= 11 is 3.19. The summed E-state index contributed by atoms with van der Waals surface area (Å²) in [5.74, 6) is 0.892. The zero-order valence-electron chi connectivity index (χ0n) is 16.5. The molecule has 3 aromatic rings. The van der Waals surface area contributed by atoms with E-state index < -0.39 is 11.6 Å². The summed E-state index contributed by atoms with van der Waals surface area (Å²) in [6, 6.07) is 4.01. The molecule has 30 heavy (non-hydrogen) atoms. The number of rotatable bonds is 5. The molecule has 156 valence electrons. The van der Waals surface area contributed by atoms with Gasteiger partial charge in [0.25, 0.3) is 0 Å². The van der Waals surface area contributed by atoms with Crippen molar-refractivity contribution in [2.24, 2.45) is 17.8 Å². The molecule has 1 saturated carbocycles. The van der Waals surface area contributed by atoms with Gasteiger partial charge < -0.3 is 19.7 Å². The maximum Gasteiger partial charge on any atom is 0.407 e. The number of aromatic nitrogens is 3. The molecule has 0 bridgehead atoms. The van der Waals surface area contributed by atoms with Crippen LogP contribution in [0.25, 0.3) is 5.52 Å². The average molecular weight is 444 g/mol. The number of hydrogen-bond donors (Lipinski definition) is 2. The molecule has 10 heteroatoms. The first kappa shape index (κ1) is 19.4. The normalized spacial score (nSPS) is 22.9. The molecule has 0 aromatic carbocycles. The van der Waals surface area contributed by atoms with Crippen LogP contribution >= 0.6 is 23.1 Å². The molecule has 1 unspecified atom stereocenters. The minimum absolute atomic E-state index is 0.0231. The molecule has 2 N–H and O–H groups in total. The summed E-state index contributed by atoms with van der Waals surface area (Å²) in [6.45, 7) is 4.79. The predicted molar refractivity (Wildman–Crippen MR) is 113 cm³/mol. The number of piperidine rings is 1. The van der Waals surface area contributed by atoms with Gasteiger partial charge in [0.15, 0.2) is 4.34 Å². The number of carbonyl (C=O) groups excluding carboxylic acids is 1. The van der Waals surface area contributed by atoms with Gasteiger partial charge in [-0.05, 0) is 37.8 Å². The lowest BCUT2D eigenvalue weighted by Crippen LogP contribution is -2.44. The van der Waals surface area contributed by atoms with Gasteiger partial charge in [-0.1, -0.05) is 11.8 Å². The maximum atomic E-state index is 12.9. The van der Waals surface area contributed by atoms with Crippen molar-refractivity contribution in [2.45, 2.75) is 28.6 Å². The van der Waals surface area contributed by atoms with Crippen molar-refractivity contribution in [1.82, 2.24) is 24.6 Å². The lowest BCUT2D eigenvalue weighted by atomic mass is 10.0. The number of fused-ring (bicyclic) bond motifs is 2. The second-order valence-electron chi connectivity index (χ2n) is 8.26. The number of likely N-dealkylation sites (tertiary alicyclic amines) is 1. The Balaban J connectivity index is 1.34. The van der Waals surface area contributed by atoms with Gasteiger partial charge in [-0.3, -0.25) is 4.79 Å². The van der Waals surface area contributed by atoms with Crippen LogP contribution in [0.1, 0.15) is 19.7 Å². The Morgan fingerprint density at radius 1 is 1.30 bits per heavy atom. The first-order valence-electron chi connectivity index (χ1n) is 9.69. The van der Waals surface area contributed by atoms with Crippen LogP contribution in [-0.4, -0.2) is 49.5 Å². The number of imidazole rings is 1. The van der Waals surface area contributed by atoms with Gasteiger partial charge in [0.05, 0.1) is 17.3 Å². The van der Waals surface area contributed by atoms with Gasteiger partial charge in [0.1, 0.15) is 5.82 Å². The van der Waals surface area contributed by atoms with Gasteiger partial charge in [0, 0.05) is 41.7 Å². The van der Waals surface area contributed by atoms with Gasteiger partial charge in [-0.2, -0.15) is 0 Å². The van der Waals surface area contributed by atoms with Crippen molar-refractivity contribution in [3.63, 3.8) is 0 Å². The standard InChI is InChI=1S/C20H21N5O3S2/c1-20(2,23-16(26)15-11-9-24(19(27)28)10-12(11)15)17-22-8-13-14(4-3-6-25(13)17)30-18-21-5-7-29-18/h3-8,11-12,15H,9-10H2,1-2H3,(H,23,26)(H,27,28)/t11-,12+,15?. The number of carbonyl (C=O) groups is 2. The first-order chi connectivity index (χ1) is 14.3. The highest BCUT2D eigenvalue weighted by molar-refractivity contribution is 8.01. The number of nitrogens with zero attached hydrogens (tertiary/aromatic N) is 4. The lowest BCUT2D eigenvalue weighted by molar-refractivity contribution is -0.125. The zero-order valence-corrected chi connectivity index (χ0v) is 18.1. The molecule has 0 spiro atoms. The second-order valence-corrected chi connectivity index (χ2v) is 10.4. The van der Waals surface area contributed by atoms with Crippen molar-refractivity contribution in [3.05, 3.63) is 41.9 Å². The molecule has 2 fully saturated rings. The van der Waals surface area contributed by atoms with Crippen molar-refractivity contribution in [3.8, 4) is 0 Å². The van der Waals surface area contributed by atoms with Crippen molar-refractivity contribution in [2.75, 3.05) is 13.1 Å². The Kier molecular flexibility index (Phi) is 4.51. The molecule has 2 aliphatic rings. The molecular formula is C20H21N5O3S2. The first-order valence-corrected chi connectivity index (χ1v) is 11.4. The van der Waals surface area contributed by atoms with Crippen molar-refractivity contribution in [1.29, 1.82) is 0 Å². The van der Waals surface area contributed by atoms with Crippen LogP contribution in [-0.2, 0) is 10.3 Å². The molecule has 1 saturated heterocycles. The van der Waals surface area contributed by atoms with E-state index >= 15 is 0 Å². The van der Waals surface area contributed by atoms with Crippen LogP contribution in [0, 0.1) is 17.8 Å². The molecule has 3 atom stereocenters. The topological polar surface area (TPSA) is 99.8 Å². The third kappa shape index (κ3) is 3.24. The number of amides is 2. The SMILES string of the molecule is CC(C)(NC(=O)C1[C@H]2CN(C(=O)O)C[C@@H]12)c1ncc2c(Sc3nccs3)cccn12. The van der Waals surface area contributed by atoms with Gasteiger partial charge in [-0.15, -0.1) is 11.3 Å². The number of carboxylic acid groups (broad SMARTS) is 1. The third-order valence-corrected chi connectivity index (χ3v) is 7.85. The van der Waals surface area contributed by atoms with Crippen LogP contribution in [0.3, 0.4) is 0 Å². The fraction of sp³-hybridized carbons (Fsp3) is 0.400. The molecule has 4 heterocycles. The Labute approximate surface area is 181 Å². The van der Waals surface area contributed by atoms with Crippen molar-refractivity contribution >= 4 is 40.6 Å². The average Bonchev–Trinajstić information content (AvgIpc) is 3.18. The van der Waals surface area contributed by atoms with Crippen LogP contribution in [0.2, 0.25) is 0 Å². The van der Waals surface area contributed by atoms with Crippen LogP contribution in [0.4, 0.5) is 4.79 Å². The molecule has 8 nitrogen and oxygen atoms in total. The summed E-state index contributed by atoms with van der Waals surface area (Å²) in [7, 11) is 0. The zero-order chi connectivity index (χ0) is 21.0. The molecule has 3 aromatic heterocycles. The largest absolute Gasteiger partial charge is 0.465 e. The van der Waals surface area contributed by atoms with Gasteiger partial charge in [-0.25, -0.2) is 14.8 Å². The summed E-state index contributed by atoms with van der Waals surface area (Å²) < 4.78 is 2.98. The highest BCUT2D eigenvalue weighted by atomic mass is 32.2. The third-order valence-electron chi connectivity index (χ3n) is 5.90. The van der Waals surface area contributed by atoms with E-state index in [4.69, 9.17) is 5.11 Å². The van der Waals surface area contributed by atoms with E-state index in [1.54, 1.807) is 29.3 Å². The van der Waals surface area contributed by atoms with E-state index in [-0.39, 0.29) is 23.7 Å². The monoisotopic (exact) mass is 443 g/mol. The van der Waals surface area contributed by atoms with E-state index in [0.29, 0.717) is 13.1 Å². The molecule has 0 radical (unpaired) electrons. The van der Waals surface area contributed by atoms with Crippen LogP contribution in [0.15, 0.2) is 45.3 Å². The number of nitrogens with one attached hydrogen (secondary N) is 1. The summed E-state index contributed by atoms with van der Waals surface area (Å²) in [4.78, 5) is 35.4. The van der Waals surface area contributed by atoms with Crippen LogP contribution < -0.4 is 5.32 Å². The lowest BCUT2D eigenvalue weighted by Gasteiger charge is -2.26. The summed E-state index contributed by atoms with van der Waals surface area (Å²) in [5.41, 5.74) is 0.299. The quantitative estimate of drug-likeness (QED) is 0.628. The number of hydrogen-bond acceptors (Lipinski definition) is 6. The van der Waals surface area contributed by atoms with E-state index in [2.05, 4.69) is 15.3 Å². The summed E-state index contributed by atoms with van der Waals surface area (Å²) in [5, 5.41) is 14.2. The minimum Gasteiger partial charge on any atom is -0.465 e. The Hall–Kier alpha value is -2.59. The fourth-order valence-corrected chi connectivity index (χ4v) is 6.11. The highest BCUT2D eigenvalue weighted by Crippen LogP contribution is 2.52. The van der Waals surface area contributed by atoms with Crippen molar-refractivity contribution < 1.29 is 14.7 Å². The highest BCUT2D eigenvalue weighted by Gasteiger charge is 2.60. The fourth-order valence-electron chi connectivity index (χ4n) is 4.42. The number of thiazole rings is 1. The van der Waals surface area contributed by atoms with E-state index in [1.807, 2.05) is 48.2 Å². The Morgan fingerprint density at radius 2 is 2.07 bits per heavy atom. The molecule has 1 aliphatic carbocycles.